The monoisotopic (exact) mass is 421 g/mol. The first kappa shape index (κ1) is 21.0. The number of aromatic nitrogens is 1. The van der Waals surface area contributed by atoms with E-state index in [2.05, 4.69) is 45.0 Å². The molecule has 0 aliphatic heterocycles. The van der Waals surface area contributed by atoms with Gasteiger partial charge in [-0.2, -0.15) is 0 Å². The van der Waals surface area contributed by atoms with Crippen molar-refractivity contribution in [1.29, 1.82) is 0 Å². The summed E-state index contributed by atoms with van der Waals surface area (Å²) in [6, 6.07) is 8.55. The first-order valence-corrected chi connectivity index (χ1v) is 12.0. The van der Waals surface area contributed by atoms with E-state index in [4.69, 9.17) is 9.72 Å². The lowest BCUT2D eigenvalue weighted by Crippen LogP contribution is -2.24. The summed E-state index contributed by atoms with van der Waals surface area (Å²) in [5, 5.41) is 1.20. The van der Waals surface area contributed by atoms with Crippen LogP contribution in [0.5, 0.6) is 5.75 Å². The molecule has 3 aromatic rings. The molecule has 158 valence electrons. The summed E-state index contributed by atoms with van der Waals surface area (Å²) in [4.78, 5) is 20.4. The number of hydrogen-bond donors (Lipinski definition) is 0. The molecule has 2 heterocycles. The van der Waals surface area contributed by atoms with Crippen LogP contribution in [0.3, 0.4) is 0 Å². The average Bonchev–Trinajstić information content (AvgIpc) is 3.11. The molecule has 4 heteroatoms. The van der Waals surface area contributed by atoms with E-state index in [1.807, 2.05) is 25.2 Å². The molecule has 0 bridgehead atoms. The number of pyridine rings is 1. The largest absolute Gasteiger partial charge is 0.424 e. The van der Waals surface area contributed by atoms with Gasteiger partial charge in [0, 0.05) is 15.8 Å². The molecule has 0 amide bonds. The lowest BCUT2D eigenvalue weighted by Gasteiger charge is -2.20. The molecule has 2 aromatic heterocycles. The summed E-state index contributed by atoms with van der Waals surface area (Å²) in [6.45, 7) is 10.2. The van der Waals surface area contributed by atoms with E-state index in [-0.39, 0.29) is 17.8 Å². The molecule has 4 rings (SSSR count). The van der Waals surface area contributed by atoms with Crippen molar-refractivity contribution in [3.63, 3.8) is 0 Å². The number of fused-ring (bicyclic) bond motifs is 3. The summed E-state index contributed by atoms with van der Waals surface area (Å²) in [6.07, 6.45) is 5.61. The lowest BCUT2D eigenvalue weighted by molar-refractivity contribution is -0.140. The van der Waals surface area contributed by atoms with Crippen molar-refractivity contribution in [3.8, 4) is 16.9 Å². The van der Waals surface area contributed by atoms with Crippen LogP contribution in [0.25, 0.3) is 21.3 Å². The average molecular weight is 422 g/mol. The highest BCUT2D eigenvalue weighted by molar-refractivity contribution is 7.19. The highest BCUT2D eigenvalue weighted by atomic mass is 32.1. The summed E-state index contributed by atoms with van der Waals surface area (Å²) < 4.78 is 6.12. The minimum atomic E-state index is -0.161. The Labute approximate surface area is 183 Å². The Kier molecular flexibility index (Phi) is 5.97. The van der Waals surface area contributed by atoms with Crippen molar-refractivity contribution in [2.45, 2.75) is 66.7 Å². The van der Waals surface area contributed by atoms with Crippen molar-refractivity contribution in [1.82, 2.24) is 4.98 Å². The minimum Gasteiger partial charge on any atom is -0.424 e. The maximum atomic E-state index is 13.0. The van der Waals surface area contributed by atoms with Gasteiger partial charge in [0.2, 0.25) is 0 Å². The molecule has 2 unspecified atom stereocenters. The second-order valence-corrected chi connectivity index (χ2v) is 9.84. The fourth-order valence-electron chi connectivity index (χ4n) is 4.29. The van der Waals surface area contributed by atoms with Crippen LogP contribution in [0.1, 0.15) is 61.7 Å². The number of benzene rings is 1. The zero-order valence-electron chi connectivity index (χ0n) is 18.7. The van der Waals surface area contributed by atoms with Gasteiger partial charge in [0.25, 0.3) is 0 Å². The predicted molar refractivity (Wildman–Crippen MR) is 125 cm³/mol. The SMILES string of the molecule is CCC(C)C(C)C(=O)Oc1c(C)nc2sc3c(c2c1-c1ccc(C)cc1)CCCC3. The molecular formula is C26H31NO2S. The number of rotatable bonds is 5. The number of esters is 1. The smallest absolute Gasteiger partial charge is 0.314 e. The molecule has 1 aliphatic rings. The van der Waals surface area contributed by atoms with Gasteiger partial charge in [0.15, 0.2) is 5.75 Å². The Bertz CT molecular complexity index is 1080. The number of nitrogens with zero attached hydrogens (tertiary/aromatic N) is 1. The molecule has 3 nitrogen and oxygen atoms in total. The Morgan fingerprint density at radius 2 is 1.83 bits per heavy atom. The van der Waals surface area contributed by atoms with E-state index in [0.717, 1.165) is 40.9 Å². The van der Waals surface area contributed by atoms with Crippen LogP contribution in [0.2, 0.25) is 0 Å². The van der Waals surface area contributed by atoms with E-state index in [1.54, 1.807) is 0 Å². The van der Waals surface area contributed by atoms with Crippen LogP contribution >= 0.6 is 11.3 Å². The summed E-state index contributed by atoms with van der Waals surface area (Å²) >= 11 is 1.82. The van der Waals surface area contributed by atoms with Gasteiger partial charge in [0.1, 0.15) is 4.83 Å². The highest BCUT2D eigenvalue weighted by Crippen LogP contribution is 2.46. The second-order valence-electron chi connectivity index (χ2n) is 8.75. The molecule has 0 spiro atoms. The van der Waals surface area contributed by atoms with Crippen molar-refractivity contribution in [2.75, 3.05) is 0 Å². The first-order valence-electron chi connectivity index (χ1n) is 11.1. The van der Waals surface area contributed by atoms with Crippen molar-refractivity contribution in [3.05, 3.63) is 46.0 Å². The van der Waals surface area contributed by atoms with E-state index in [9.17, 15) is 4.79 Å². The van der Waals surface area contributed by atoms with Gasteiger partial charge in [-0.25, -0.2) is 4.98 Å². The van der Waals surface area contributed by atoms with Crippen LogP contribution in [-0.2, 0) is 17.6 Å². The fraction of sp³-hybridized carbons (Fsp3) is 0.462. The van der Waals surface area contributed by atoms with Crippen LogP contribution < -0.4 is 4.74 Å². The van der Waals surface area contributed by atoms with Crippen molar-refractivity contribution < 1.29 is 9.53 Å². The number of ether oxygens (including phenoxy) is 1. The van der Waals surface area contributed by atoms with Gasteiger partial charge in [-0.3, -0.25) is 4.79 Å². The second kappa shape index (κ2) is 8.50. The molecule has 0 radical (unpaired) electrons. The third-order valence-corrected chi connectivity index (χ3v) is 7.83. The predicted octanol–water partition coefficient (Wildman–Crippen LogP) is 7.05. The Balaban J connectivity index is 1.92. The number of carbonyl (C=O) groups is 1. The summed E-state index contributed by atoms with van der Waals surface area (Å²) in [5.74, 6) is 0.613. The normalized spacial score (nSPS) is 15.6. The van der Waals surface area contributed by atoms with E-state index in [1.165, 1.54) is 34.2 Å². The number of thiophene rings is 1. The van der Waals surface area contributed by atoms with Crippen molar-refractivity contribution >= 4 is 27.5 Å². The molecule has 1 aromatic carbocycles. The maximum absolute atomic E-state index is 13.0. The van der Waals surface area contributed by atoms with E-state index in [0.29, 0.717) is 5.75 Å². The van der Waals surface area contributed by atoms with Crippen LogP contribution in [-0.4, -0.2) is 11.0 Å². The number of hydrogen-bond acceptors (Lipinski definition) is 4. The van der Waals surface area contributed by atoms with E-state index < -0.39 is 0 Å². The van der Waals surface area contributed by atoms with Gasteiger partial charge in [-0.1, -0.05) is 57.0 Å². The van der Waals surface area contributed by atoms with E-state index >= 15 is 0 Å². The van der Waals surface area contributed by atoms with Gasteiger partial charge >= 0.3 is 5.97 Å². The molecule has 0 saturated heterocycles. The standard InChI is InChI=1S/C26H31NO2S/c1-6-16(3)17(4)26(28)29-24-18(5)27-25-23(20-9-7-8-10-21(20)30-25)22(24)19-13-11-15(2)12-14-19/h11-14,16-17H,6-10H2,1-5H3. The topological polar surface area (TPSA) is 39.2 Å². The maximum Gasteiger partial charge on any atom is 0.314 e. The summed E-state index contributed by atoms with van der Waals surface area (Å²) in [7, 11) is 0. The van der Waals surface area contributed by atoms with Crippen LogP contribution in [0.15, 0.2) is 24.3 Å². The molecule has 2 atom stereocenters. The van der Waals surface area contributed by atoms with Gasteiger partial charge in [-0.15, -0.1) is 11.3 Å². The minimum absolute atomic E-state index is 0.146. The van der Waals surface area contributed by atoms with Gasteiger partial charge in [-0.05, 0) is 56.6 Å². The highest BCUT2D eigenvalue weighted by Gasteiger charge is 2.27. The lowest BCUT2D eigenvalue weighted by atomic mass is 9.91. The molecule has 0 N–H and O–H groups in total. The number of aryl methyl sites for hydroxylation is 4. The molecule has 30 heavy (non-hydrogen) atoms. The van der Waals surface area contributed by atoms with Gasteiger partial charge in [0.05, 0.1) is 11.6 Å². The molecule has 0 fully saturated rings. The quantitative estimate of drug-likeness (QED) is 0.414. The zero-order valence-corrected chi connectivity index (χ0v) is 19.5. The fourth-order valence-corrected chi connectivity index (χ4v) is 5.60. The number of carbonyl (C=O) groups excluding carboxylic acids is 1. The Morgan fingerprint density at radius 1 is 1.13 bits per heavy atom. The van der Waals surface area contributed by atoms with Crippen molar-refractivity contribution in [2.24, 2.45) is 11.8 Å². The Hall–Kier alpha value is -2.20. The zero-order chi connectivity index (χ0) is 21.4. The first-order chi connectivity index (χ1) is 14.4. The van der Waals surface area contributed by atoms with Crippen LogP contribution in [0, 0.1) is 25.7 Å². The Morgan fingerprint density at radius 3 is 2.53 bits per heavy atom. The summed E-state index contributed by atoms with van der Waals surface area (Å²) in [5.41, 5.74) is 5.57. The third kappa shape index (κ3) is 3.78. The van der Waals surface area contributed by atoms with Gasteiger partial charge < -0.3 is 4.74 Å². The molecule has 0 saturated carbocycles. The third-order valence-electron chi connectivity index (χ3n) is 6.64. The van der Waals surface area contributed by atoms with Crippen LogP contribution in [0.4, 0.5) is 0 Å². The molecular weight excluding hydrogens is 390 g/mol. The molecule has 1 aliphatic carbocycles.